The van der Waals surface area contributed by atoms with E-state index < -0.39 is 0 Å². The zero-order chi connectivity index (χ0) is 14.5. The van der Waals surface area contributed by atoms with Gasteiger partial charge in [0.1, 0.15) is 0 Å². The van der Waals surface area contributed by atoms with E-state index in [-0.39, 0.29) is 11.9 Å². The maximum atomic E-state index is 11.9. The predicted molar refractivity (Wildman–Crippen MR) is 81.6 cm³/mol. The van der Waals surface area contributed by atoms with Crippen LogP contribution in [0.5, 0.6) is 0 Å². The summed E-state index contributed by atoms with van der Waals surface area (Å²) in [6.45, 7) is 6.03. The first-order valence-electron chi connectivity index (χ1n) is 7.05. The van der Waals surface area contributed by atoms with Crippen LogP contribution in [0.3, 0.4) is 0 Å². The fourth-order valence-electron chi connectivity index (χ4n) is 2.43. The van der Waals surface area contributed by atoms with Gasteiger partial charge in [0.2, 0.25) is 5.91 Å². The van der Waals surface area contributed by atoms with Gasteiger partial charge in [-0.15, -0.1) is 0 Å². The lowest BCUT2D eigenvalue weighted by Crippen LogP contribution is -2.49. The second-order valence-electron chi connectivity index (χ2n) is 5.43. The van der Waals surface area contributed by atoms with Crippen molar-refractivity contribution in [1.29, 1.82) is 0 Å². The van der Waals surface area contributed by atoms with Crippen LogP contribution in [0, 0.1) is 0 Å². The number of piperazine rings is 1. The third-order valence-corrected chi connectivity index (χ3v) is 3.94. The van der Waals surface area contributed by atoms with Gasteiger partial charge in [0.25, 0.3) is 0 Å². The molecule has 2 rings (SSSR count). The first kappa shape index (κ1) is 15.3. The average molecular weight is 296 g/mol. The monoisotopic (exact) mass is 295 g/mol. The minimum absolute atomic E-state index is 0.0661. The van der Waals surface area contributed by atoms with Gasteiger partial charge in [-0.25, -0.2) is 0 Å². The number of hydrogen-bond donors (Lipinski definition) is 1. The molecule has 0 aromatic heterocycles. The third kappa shape index (κ3) is 4.20. The fraction of sp³-hybridized carbons (Fsp3) is 0.533. The molecule has 1 saturated heterocycles. The highest BCUT2D eigenvalue weighted by molar-refractivity contribution is 6.31. The smallest absolute Gasteiger partial charge is 0.224 e. The van der Waals surface area contributed by atoms with Crippen LogP contribution in [-0.4, -0.2) is 47.9 Å². The van der Waals surface area contributed by atoms with Gasteiger partial charge >= 0.3 is 0 Å². The molecule has 1 aromatic carbocycles. The lowest BCUT2D eigenvalue weighted by Gasteiger charge is -2.35. The molecule has 0 aliphatic carbocycles. The highest BCUT2D eigenvalue weighted by atomic mass is 35.5. The summed E-state index contributed by atoms with van der Waals surface area (Å²) in [6, 6.07) is 7.85. The van der Waals surface area contributed by atoms with Gasteiger partial charge in [-0.2, -0.15) is 0 Å². The van der Waals surface area contributed by atoms with Crippen molar-refractivity contribution in [3.05, 3.63) is 34.9 Å². The van der Waals surface area contributed by atoms with Crippen molar-refractivity contribution in [3.63, 3.8) is 0 Å². The van der Waals surface area contributed by atoms with Gasteiger partial charge in [-0.3, -0.25) is 9.69 Å². The molecule has 1 unspecified atom stereocenters. The summed E-state index contributed by atoms with van der Waals surface area (Å²) in [5, 5.41) is 0.808. The van der Waals surface area contributed by atoms with Crippen molar-refractivity contribution in [1.82, 2.24) is 9.80 Å². The van der Waals surface area contributed by atoms with Crippen LogP contribution in [0.2, 0.25) is 5.02 Å². The first-order valence-corrected chi connectivity index (χ1v) is 7.43. The molecule has 0 radical (unpaired) electrons. The molecule has 1 heterocycles. The lowest BCUT2D eigenvalue weighted by atomic mass is 10.2. The van der Waals surface area contributed by atoms with E-state index in [2.05, 4.69) is 11.0 Å². The second-order valence-corrected chi connectivity index (χ2v) is 5.84. The maximum absolute atomic E-state index is 11.9. The van der Waals surface area contributed by atoms with E-state index in [0.29, 0.717) is 6.42 Å². The van der Waals surface area contributed by atoms with Gasteiger partial charge in [-0.05, 0) is 18.6 Å². The summed E-state index contributed by atoms with van der Waals surface area (Å²) in [7, 11) is 0. The highest BCUT2D eigenvalue weighted by Crippen LogP contribution is 2.18. The van der Waals surface area contributed by atoms with Gasteiger partial charge in [0.15, 0.2) is 0 Å². The molecule has 0 spiro atoms. The SMILES string of the molecule is CC(N)CC(=O)N1CCN(Cc2ccccc2Cl)CC1. The second kappa shape index (κ2) is 7.07. The lowest BCUT2D eigenvalue weighted by molar-refractivity contribution is -0.133. The van der Waals surface area contributed by atoms with E-state index >= 15 is 0 Å². The summed E-state index contributed by atoms with van der Waals surface area (Å²) < 4.78 is 0. The van der Waals surface area contributed by atoms with E-state index in [0.717, 1.165) is 43.3 Å². The summed E-state index contributed by atoms with van der Waals surface area (Å²) >= 11 is 6.17. The number of halogens is 1. The number of nitrogens with two attached hydrogens (primary N) is 1. The zero-order valence-corrected chi connectivity index (χ0v) is 12.6. The van der Waals surface area contributed by atoms with Crippen LogP contribution in [0.25, 0.3) is 0 Å². The molecule has 1 fully saturated rings. The van der Waals surface area contributed by atoms with Crippen molar-refractivity contribution in [2.45, 2.75) is 25.9 Å². The molecule has 1 aliphatic heterocycles. The molecular weight excluding hydrogens is 274 g/mol. The molecule has 1 atom stereocenters. The average Bonchev–Trinajstić information content (AvgIpc) is 2.41. The van der Waals surface area contributed by atoms with Gasteiger partial charge in [-0.1, -0.05) is 29.8 Å². The Hall–Kier alpha value is -1.10. The molecule has 1 aliphatic rings. The molecular formula is C15H22ClN3O. The number of benzene rings is 1. The predicted octanol–water partition coefficient (Wildman–Crippen LogP) is 1.72. The first-order chi connectivity index (χ1) is 9.56. The Labute approximate surface area is 125 Å². The summed E-state index contributed by atoms with van der Waals surface area (Å²) in [6.07, 6.45) is 0.435. The van der Waals surface area contributed by atoms with Crippen molar-refractivity contribution >= 4 is 17.5 Å². The number of nitrogens with zero attached hydrogens (tertiary/aromatic N) is 2. The van der Waals surface area contributed by atoms with Crippen LogP contribution in [0.15, 0.2) is 24.3 Å². The van der Waals surface area contributed by atoms with E-state index in [1.165, 1.54) is 0 Å². The molecule has 0 saturated carbocycles. The summed E-state index contributed by atoms with van der Waals surface area (Å²) in [4.78, 5) is 16.2. The van der Waals surface area contributed by atoms with Crippen LogP contribution in [-0.2, 0) is 11.3 Å². The van der Waals surface area contributed by atoms with E-state index in [4.69, 9.17) is 17.3 Å². The number of carbonyl (C=O) groups is 1. The van der Waals surface area contributed by atoms with Crippen LogP contribution in [0.1, 0.15) is 18.9 Å². The van der Waals surface area contributed by atoms with Crippen molar-refractivity contribution < 1.29 is 4.79 Å². The molecule has 110 valence electrons. The minimum atomic E-state index is -0.0661. The molecule has 0 bridgehead atoms. The van der Waals surface area contributed by atoms with Crippen LogP contribution >= 0.6 is 11.6 Å². The van der Waals surface area contributed by atoms with E-state index in [1.54, 1.807) is 0 Å². The summed E-state index contributed by atoms with van der Waals surface area (Å²) in [5.41, 5.74) is 6.82. The zero-order valence-electron chi connectivity index (χ0n) is 11.9. The van der Waals surface area contributed by atoms with Gasteiger partial charge in [0, 0.05) is 50.2 Å². The molecule has 2 N–H and O–H groups in total. The Balaban J connectivity index is 1.83. The number of amides is 1. The maximum Gasteiger partial charge on any atom is 0.224 e. The molecule has 1 amide bonds. The molecule has 20 heavy (non-hydrogen) atoms. The Kier molecular flexibility index (Phi) is 5.40. The fourth-order valence-corrected chi connectivity index (χ4v) is 2.62. The molecule has 5 heteroatoms. The van der Waals surface area contributed by atoms with Crippen LogP contribution in [0.4, 0.5) is 0 Å². The Morgan fingerprint density at radius 3 is 2.55 bits per heavy atom. The largest absolute Gasteiger partial charge is 0.340 e. The van der Waals surface area contributed by atoms with Gasteiger partial charge < -0.3 is 10.6 Å². The Morgan fingerprint density at radius 1 is 1.30 bits per heavy atom. The quantitative estimate of drug-likeness (QED) is 0.920. The van der Waals surface area contributed by atoms with Crippen LogP contribution < -0.4 is 5.73 Å². The normalized spacial score (nSPS) is 18.1. The number of carbonyl (C=O) groups excluding carboxylic acids is 1. The van der Waals surface area contributed by atoms with Crippen molar-refractivity contribution in [2.24, 2.45) is 5.73 Å². The Bertz CT molecular complexity index is 456. The topological polar surface area (TPSA) is 49.6 Å². The standard InChI is InChI=1S/C15H22ClN3O/c1-12(17)10-15(20)19-8-6-18(7-9-19)11-13-4-2-3-5-14(13)16/h2-5,12H,6-11,17H2,1H3. The molecule has 1 aromatic rings. The van der Waals surface area contributed by atoms with E-state index in [9.17, 15) is 4.79 Å². The van der Waals surface area contributed by atoms with Crippen molar-refractivity contribution in [3.8, 4) is 0 Å². The number of rotatable bonds is 4. The Morgan fingerprint density at radius 2 is 1.95 bits per heavy atom. The highest BCUT2D eigenvalue weighted by Gasteiger charge is 2.21. The molecule has 4 nitrogen and oxygen atoms in total. The van der Waals surface area contributed by atoms with Crippen molar-refractivity contribution in [2.75, 3.05) is 26.2 Å². The minimum Gasteiger partial charge on any atom is -0.340 e. The van der Waals surface area contributed by atoms with E-state index in [1.807, 2.05) is 30.0 Å². The summed E-state index contributed by atoms with van der Waals surface area (Å²) in [5.74, 6) is 0.164. The third-order valence-electron chi connectivity index (χ3n) is 3.57. The van der Waals surface area contributed by atoms with Gasteiger partial charge in [0.05, 0.1) is 0 Å². The number of hydrogen-bond acceptors (Lipinski definition) is 3.